The number of aromatic nitrogens is 3. The predicted octanol–water partition coefficient (Wildman–Crippen LogP) is 10.8. The molecule has 0 aliphatic carbocycles. The average Bonchev–Trinajstić information content (AvgIpc) is 3.48. The van der Waals surface area contributed by atoms with Crippen molar-refractivity contribution in [3.8, 4) is 56.3 Å². The molecule has 0 spiro atoms. The van der Waals surface area contributed by atoms with Crippen LogP contribution in [0.3, 0.4) is 0 Å². The molecule has 47 heavy (non-hydrogen) atoms. The largest absolute Gasteiger partial charge is 0.507 e. The van der Waals surface area contributed by atoms with Crippen molar-refractivity contribution in [2.45, 2.75) is 39.5 Å². The van der Waals surface area contributed by atoms with Gasteiger partial charge in [0.15, 0.2) is 0 Å². The molecular weight excluding hydrogens is 758 g/mol. The molecule has 0 atom stereocenters. The number of rotatable bonds is 7. The van der Waals surface area contributed by atoms with Crippen molar-refractivity contribution in [3.05, 3.63) is 145 Å². The predicted molar refractivity (Wildman–Crippen MR) is 189 cm³/mol. The van der Waals surface area contributed by atoms with E-state index < -0.39 is 0 Å². The zero-order valence-corrected chi connectivity index (χ0v) is 29.2. The number of para-hydroxylation sites is 3. The van der Waals surface area contributed by atoms with Gasteiger partial charge in [0.2, 0.25) is 0 Å². The van der Waals surface area contributed by atoms with E-state index in [2.05, 4.69) is 117 Å². The number of hydrogen-bond donors (Lipinski definition) is 1. The zero-order valence-electron chi connectivity index (χ0n) is 26.9. The number of nitrogens with zero attached hydrogens (tertiary/aromatic N) is 3. The Kier molecular flexibility index (Phi) is 9.25. The fourth-order valence-corrected chi connectivity index (χ4v) is 6.02. The molecule has 0 aliphatic rings. The molecule has 2 heterocycles. The van der Waals surface area contributed by atoms with Gasteiger partial charge in [0.25, 0.3) is 0 Å². The minimum atomic E-state index is 0. The van der Waals surface area contributed by atoms with E-state index in [0.717, 1.165) is 44.7 Å². The topological polar surface area (TPSA) is 50.9 Å². The molecule has 0 unspecified atom stereocenters. The molecule has 5 heteroatoms. The molecule has 5 aromatic carbocycles. The average molecular weight is 794 g/mol. The van der Waals surface area contributed by atoms with E-state index in [1.165, 1.54) is 16.7 Å². The smallest absolute Gasteiger partial charge is 0.148 e. The van der Waals surface area contributed by atoms with Gasteiger partial charge in [0, 0.05) is 38.6 Å². The number of phenols is 1. The molecule has 0 radical (unpaired) electrons. The number of fused-ring (bicyclic) bond motifs is 1. The third kappa shape index (κ3) is 6.31. The van der Waals surface area contributed by atoms with Crippen molar-refractivity contribution in [1.82, 2.24) is 14.5 Å². The van der Waals surface area contributed by atoms with Crippen LogP contribution in [0.15, 0.2) is 128 Å². The van der Waals surface area contributed by atoms with Crippen molar-refractivity contribution in [3.63, 3.8) is 0 Å². The van der Waals surface area contributed by atoms with Crippen molar-refractivity contribution in [2.24, 2.45) is 0 Å². The molecule has 0 fully saturated rings. The molecule has 7 rings (SSSR count). The van der Waals surface area contributed by atoms with Crippen molar-refractivity contribution < 1.29 is 26.2 Å². The second-order valence-electron chi connectivity index (χ2n) is 12.4. The summed E-state index contributed by atoms with van der Waals surface area (Å²) in [6, 6.07) is 45.0. The maximum Gasteiger partial charge on any atom is 0.148 e. The van der Waals surface area contributed by atoms with Gasteiger partial charge in [-0.05, 0) is 64.9 Å². The van der Waals surface area contributed by atoms with E-state index in [9.17, 15) is 5.11 Å². The standard InChI is InChI=1S/C42H36N3O.Pt/c1-27(2)29-17-19-30(20-18-29)31-21-22-43-38(26-31)34-24-32(28(3)4)23-33(25-34)36-14-10-15-39-41(36)44-42(37-13-8-9-16-40(37)46)45(39)35-11-6-5-7-12-35;/h5-24,26-28,46H,1-4H3;/q-1;. The van der Waals surface area contributed by atoms with E-state index >= 15 is 0 Å². The minimum absolute atomic E-state index is 0. The summed E-state index contributed by atoms with van der Waals surface area (Å²) in [5.74, 6) is 1.67. The zero-order chi connectivity index (χ0) is 31.8. The fraction of sp³-hybridized carbons (Fsp3) is 0.143. The number of benzene rings is 5. The molecule has 1 N–H and O–H groups in total. The summed E-state index contributed by atoms with van der Waals surface area (Å²) in [5, 5.41) is 10.9. The first-order valence-electron chi connectivity index (χ1n) is 15.9. The minimum Gasteiger partial charge on any atom is -0.507 e. The summed E-state index contributed by atoms with van der Waals surface area (Å²) in [5.41, 5.74) is 12.1. The number of pyridine rings is 1. The van der Waals surface area contributed by atoms with Gasteiger partial charge in [-0.2, -0.15) is 0 Å². The Morgan fingerprint density at radius 2 is 1.32 bits per heavy atom. The number of aromatic hydroxyl groups is 1. The molecule has 0 aliphatic heterocycles. The van der Waals surface area contributed by atoms with Crippen LogP contribution in [0.2, 0.25) is 0 Å². The Balaban J connectivity index is 0.00000386. The second kappa shape index (κ2) is 13.5. The molecule has 0 saturated heterocycles. The first-order chi connectivity index (χ1) is 22.4. The Hall–Kier alpha value is -4.79. The van der Waals surface area contributed by atoms with Gasteiger partial charge in [-0.25, -0.2) is 4.98 Å². The Labute approximate surface area is 291 Å². The van der Waals surface area contributed by atoms with Crippen LogP contribution in [-0.4, -0.2) is 19.6 Å². The normalized spacial score (nSPS) is 11.3. The Bertz CT molecular complexity index is 2170. The number of phenolic OH excluding ortho intramolecular Hbond substituents is 1. The molecule has 0 bridgehead atoms. The van der Waals surface area contributed by atoms with E-state index in [1.54, 1.807) is 6.07 Å². The summed E-state index contributed by atoms with van der Waals surface area (Å²) < 4.78 is 2.12. The van der Waals surface area contributed by atoms with Crippen LogP contribution in [0.5, 0.6) is 5.75 Å². The van der Waals surface area contributed by atoms with Gasteiger partial charge in [0.1, 0.15) is 11.6 Å². The first-order valence-corrected chi connectivity index (χ1v) is 15.9. The molecular formula is C42H36N3OPt-. The molecule has 0 amide bonds. The first kappa shape index (κ1) is 32.2. The van der Waals surface area contributed by atoms with E-state index in [-0.39, 0.29) is 26.8 Å². The summed E-state index contributed by atoms with van der Waals surface area (Å²) >= 11 is 0. The van der Waals surface area contributed by atoms with Crippen LogP contribution >= 0.6 is 0 Å². The second-order valence-corrected chi connectivity index (χ2v) is 12.4. The number of imidazole rings is 1. The Morgan fingerprint density at radius 1 is 0.638 bits per heavy atom. The van der Waals surface area contributed by atoms with Crippen LogP contribution in [0.4, 0.5) is 0 Å². The monoisotopic (exact) mass is 793 g/mol. The summed E-state index contributed by atoms with van der Waals surface area (Å²) in [7, 11) is 0. The van der Waals surface area contributed by atoms with E-state index in [4.69, 9.17) is 9.97 Å². The summed E-state index contributed by atoms with van der Waals surface area (Å²) in [6.45, 7) is 8.86. The van der Waals surface area contributed by atoms with Crippen molar-refractivity contribution in [1.29, 1.82) is 0 Å². The molecule has 236 valence electrons. The van der Waals surface area contributed by atoms with E-state index in [1.807, 2.05) is 42.6 Å². The maximum atomic E-state index is 10.9. The van der Waals surface area contributed by atoms with Gasteiger partial charge < -0.3 is 5.11 Å². The SMILES string of the molecule is CC(C)c1ccc(-c2ccnc(-c3[c-]c(-c4cccc5c4nc(-c4ccccc4O)n5-c4ccccc4)cc(C(C)C)c3)c2)cc1.[Pt]. The molecule has 4 nitrogen and oxygen atoms in total. The van der Waals surface area contributed by atoms with Gasteiger partial charge in [-0.1, -0.05) is 112 Å². The number of hydrogen-bond acceptors (Lipinski definition) is 3. The van der Waals surface area contributed by atoms with Gasteiger partial charge in [0.05, 0.1) is 16.6 Å². The van der Waals surface area contributed by atoms with Crippen LogP contribution in [0.1, 0.15) is 50.7 Å². The fourth-order valence-electron chi connectivity index (χ4n) is 6.02. The Morgan fingerprint density at radius 3 is 2.04 bits per heavy atom. The van der Waals surface area contributed by atoms with Crippen molar-refractivity contribution >= 4 is 11.0 Å². The van der Waals surface area contributed by atoms with Gasteiger partial charge in [-0.15, -0.1) is 29.3 Å². The summed E-state index contributed by atoms with van der Waals surface area (Å²) in [6.07, 6.45) is 1.89. The third-order valence-electron chi connectivity index (χ3n) is 8.64. The van der Waals surface area contributed by atoms with Gasteiger partial charge >= 0.3 is 0 Å². The van der Waals surface area contributed by atoms with E-state index in [0.29, 0.717) is 23.2 Å². The summed E-state index contributed by atoms with van der Waals surface area (Å²) in [4.78, 5) is 10.0. The molecule has 0 saturated carbocycles. The van der Waals surface area contributed by atoms with Crippen molar-refractivity contribution in [2.75, 3.05) is 0 Å². The van der Waals surface area contributed by atoms with Crippen LogP contribution in [0.25, 0.3) is 61.6 Å². The van der Waals surface area contributed by atoms with Gasteiger partial charge in [-0.3, -0.25) is 9.55 Å². The molecule has 7 aromatic rings. The molecule has 2 aromatic heterocycles. The van der Waals surface area contributed by atoms with Crippen LogP contribution < -0.4 is 0 Å². The quantitative estimate of drug-likeness (QED) is 0.164. The van der Waals surface area contributed by atoms with Crippen LogP contribution in [-0.2, 0) is 21.1 Å². The third-order valence-corrected chi connectivity index (χ3v) is 8.64. The maximum absolute atomic E-state index is 10.9. The van der Waals surface area contributed by atoms with Crippen LogP contribution in [0, 0.1) is 6.07 Å².